The molecule has 0 aliphatic heterocycles. The van der Waals surface area contributed by atoms with Gasteiger partial charge in [-0.1, -0.05) is 6.58 Å². The van der Waals surface area contributed by atoms with E-state index in [0.29, 0.717) is 0 Å². The second-order valence-corrected chi connectivity index (χ2v) is 4.23. The average Bonchev–Trinajstić information content (AvgIpc) is 1.95. The lowest BCUT2D eigenvalue weighted by atomic mass is 10.4. The fourth-order valence-electron chi connectivity index (χ4n) is 0.395. The molecule has 0 atom stereocenters. The van der Waals surface area contributed by atoms with Gasteiger partial charge in [0.1, 0.15) is 0 Å². The monoisotopic (exact) mass is 209 g/mol. The Labute approximate surface area is 75.7 Å². The molecule has 0 rings (SSSR count). The number of hydrogen-bond donors (Lipinski definition) is 3. The third-order valence-electron chi connectivity index (χ3n) is 1.02. The molecule has 0 aromatic heterocycles. The van der Waals surface area contributed by atoms with Crippen molar-refractivity contribution in [1.82, 2.24) is 5.48 Å². The highest BCUT2D eigenvalue weighted by molar-refractivity contribution is 7.51. The second-order valence-electron chi connectivity index (χ2n) is 2.45. The second kappa shape index (κ2) is 5.14. The Hall–Kier alpha value is -0.680. The van der Waals surface area contributed by atoms with Gasteiger partial charge in [-0.2, -0.15) is 5.48 Å². The van der Waals surface area contributed by atoms with Crippen molar-refractivity contribution < 1.29 is 24.0 Å². The van der Waals surface area contributed by atoms with Gasteiger partial charge in [-0.3, -0.25) is 4.57 Å². The zero-order valence-corrected chi connectivity index (χ0v) is 8.08. The van der Waals surface area contributed by atoms with Crippen LogP contribution in [-0.2, 0) is 14.2 Å². The third-order valence-corrected chi connectivity index (χ3v) is 1.82. The van der Waals surface area contributed by atoms with E-state index in [9.17, 15) is 9.36 Å². The lowest BCUT2D eigenvalue weighted by Gasteiger charge is -2.05. The Morgan fingerprint density at radius 1 is 1.62 bits per heavy atom. The lowest BCUT2D eigenvalue weighted by Crippen LogP contribution is -2.23. The molecule has 0 saturated heterocycles. The van der Waals surface area contributed by atoms with Crippen LogP contribution in [0.15, 0.2) is 12.2 Å². The number of hydroxylamine groups is 1. The first-order chi connectivity index (χ1) is 5.83. The molecule has 0 radical (unpaired) electrons. The smallest absolute Gasteiger partial charge is 0.351 e. The normalized spacial score (nSPS) is 11.0. The molecule has 6 nitrogen and oxygen atoms in total. The molecular formula is C6H12NO5P. The highest BCUT2D eigenvalue weighted by Crippen LogP contribution is 2.32. The predicted octanol–water partition coefficient (Wildman–Crippen LogP) is -0.212. The van der Waals surface area contributed by atoms with E-state index in [-0.39, 0.29) is 18.3 Å². The van der Waals surface area contributed by atoms with Crippen molar-refractivity contribution in [3.63, 3.8) is 0 Å². The fraction of sp³-hybridized carbons (Fsp3) is 0.500. The highest BCUT2D eigenvalue weighted by atomic mass is 31.2. The summed E-state index contributed by atoms with van der Waals surface area (Å²) in [6.45, 7) is 4.69. The predicted molar refractivity (Wildman–Crippen MR) is 45.8 cm³/mol. The Bertz CT molecular complexity index is 245. The standard InChI is InChI=1S/C6H12NO5P/c1-5(2)6(8)12-7-3-4-13(9,10)11/h7H,1,3-4H2,2H3,(H2,9,10,11). The molecule has 0 aliphatic carbocycles. The molecule has 7 heteroatoms. The molecule has 0 spiro atoms. The van der Waals surface area contributed by atoms with Crippen molar-refractivity contribution in [2.45, 2.75) is 6.92 Å². The van der Waals surface area contributed by atoms with Gasteiger partial charge in [0.25, 0.3) is 0 Å². The van der Waals surface area contributed by atoms with Crippen molar-refractivity contribution in [3.05, 3.63) is 12.2 Å². The molecule has 0 aliphatic rings. The molecule has 0 unspecified atom stereocenters. The first kappa shape index (κ1) is 12.3. The number of rotatable bonds is 5. The van der Waals surface area contributed by atoms with Crippen LogP contribution in [0.3, 0.4) is 0 Å². The molecule has 3 N–H and O–H groups in total. The van der Waals surface area contributed by atoms with Crippen LogP contribution in [-0.4, -0.2) is 28.5 Å². The van der Waals surface area contributed by atoms with Gasteiger partial charge in [-0.25, -0.2) is 4.79 Å². The number of carbonyl (C=O) groups is 1. The summed E-state index contributed by atoms with van der Waals surface area (Å²) < 4.78 is 10.3. The summed E-state index contributed by atoms with van der Waals surface area (Å²) in [5, 5.41) is 0. The molecule has 0 aromatic rings. The average molecular weight is 209 g/mol. The maximum atomic E-state index is 10.7. The molecule has 0 amide bonds. The Morgan fingerprint density at radius 3 is 2.54 bits per heavy atom. The zero-order valence-electron chi connectivity index (χ0n) is 7.19. The lowest BCUT2D eigenvalue weighted by molar-refractivity contribution is -0.145. The highest BCUT2D eigenvalue weighted by Gasteiger charge is 2.12. The summed E-state index contributed by atoms with van der Waals surface area (Å²) in [5.41, 5.74) is 2.33. The van der Waals surface area contributed by atoms with E-state index < -0.39 is 13.6 Å². The zero-order chi connectivity index (χ0) is 10.5. The van der Waals surface area contributed by atoms with Crippen LogP contribution < -0.4 is 5.48 Å². The summed E-state index contributed by atoms with van der Waals surface area (Å²) >= 11 is 0. The van der Waals surface area contributed by atoms with Crippen LogP contribution in [0.5, 0.6) is 0 Å². The molecular weight excluding hydrogens is 197 g/mol. The molecule has 0 saturated carbocycles. The van der Waals surface area contributed by atoms with Gasteiger partial charge in [0.05, 0.1) is 6.16 Å². The summed E-state index contributed by atoms with van der Waals surface area (Å²) in [6, 6.07) is 0. The molecule has 76 valence electrons. The topological polar surface area (TPSA) is 95.9 Å². The first-order valence-electron chi connectivity index (χ1n) is 3.47. The summed E-state index contributed by atoms with van der Waals surface area (Å²) in [7, 11) is -4.03. The molecule has 0 aromatic carbocycles. The van der Waals surface area contributed by atoms with Gasteiger partial charge in [0.15, 0.2) is 0 Å². The SMILES string of the molecule is C=C(C)C(=O)ONCCP(=O)(O)O. The molecule has 0 bridgehead atoms. The van der Waals surface area contributed by atoms with E-state index in [0.717, 1.165) is 0 Å². The van der Waals surface area contributed by atoms with E-state index in [1.807, 2.05) is 0 Å². The minimum Gasteiger partial charge on any atom is -0.367 e. The van der Waals surface area contributed by atoms with Crippen molar-refractivity contribution >= 4 is 13.6 Å². The van der Waals surface area contributed by atoms with Crippen LogP contribution in [0, 0.1) is 0 Å². The maximum Gasteiger partial charge on any atom is 0.351 e. The third kappa shape index (κ3) is 7.67. The van der Waals surface area contributed by atoms with E-state index in [1.165, 1.54) is 6.92 Å². The van der Waals surface area contributed by atoms with Crippen LogP contribution in [0.1, 0.15) is 6.92 Å². The largest absolute Gasteiger partial charge is 0.367 e. The number of hydrogen-bond acceptors (Lipinski definition) is 4. The van der Waals surface area contributed by atoms with Gasteiger partial charge >= 0.3 is 13.6 Å². The Balaban J connectivity index is 3.53. The van der Waals surface area contributed by atoms with Crippen molar-refractivity contribution in [2.24, 2.45) is 0 Å². The van der Waals surface area contributed by atoms with Gasteiger partial charge in [-0.15, -0.1) is 0 Å². The van der Waals surface area contributed by atoms with E-state index >= 15 is 0 Å². The molecule has 13 heavy (non-hydrogen) atoms. The molecule has 0 heterocycles. The summed E-state index contributed by atoms with van der Waals surface area (Å²) in [4.78, 5) is 31.9. The van der Waals surface area contributed by atoms with Crippen molar-refractivity contribution in [2.75, 3.05) is 12.7 Å². The maximum absolute atomic E-state index is 10.7. The number of nitrogens with one attached hydrogen (secondary N) is 1. The minimum atomic E-state index is -4.03. The fourth-order valence-corrected chi connectivity index (χ4v) is 0.778. The van der Waals surface area contributed by atoms with Crippen molar-refractivity contribution in [1.29, 1.82) is 0 Å². The van der Waals surface area contributed by atoms with E-state index in [4.69, 9.17) is 9.79 Å². The quantitative estimate of drug-likeness (QED) is 0.251. The Kier molecular flexibility index (Phi) is 4.87. The van der Waals surface area contributed by atoms with Gasteiger partial charge in [0.2, 0.25) is 0 Å². The van der Waals surface area contributed by atoms with Crippen LogP contribution in [0.25, 0.3) is 0 Å². The van der Waals surface area contributed by atoms with E-state index in [2.05, 4.69) is 16.9 Å². The minimum absolute atomic E-state index is 0.0940. The summed E-state index contributed by atoms with van der Waals surface area (Å²) in [5.74, 6) is -0.647. The van der Waals surface area contributed by atoms with Gasteiger partial charge in [-0.05, 0) is 6.92 Å². The van der Waals surface area contributed by atoms with E-state index in [1.54, 1.807) is 0 Å². The van der Waals surface area contributed by atoms with Crippen LogP contribution in [0.4, 0.5) is 0 Å². The molecule has 0 fully saturated rings. The van der Waals surface area contributed by atoms with Crippen LogP contribution >= 0.6 is 7.60 Å². The van der Waals surface area contributed by atoms with Crippen LogP contribution in [0.2, 0.25) is 0 Å². The van der Waals surface area contributed by atoms with Gasteiger partial charge in [0, 0.05) is 12.1 Å². The Morgan fingerprint density at radius 2 is 2.15 bits per heavy atom. The first-order valence-corrected chi connectivity index (χ1v) is 5.27. The van der Waals surface area contributed by atoms with Gasteiger partial charge < -0.3 is 14.6 Å². The summed E-state index contributed by atoms with van der Waals surface area (Å²) in [6.07, 6.45) is -0.379. The number of carbonyl (C=O) groups excluding carboxylic acids is 1. The van der Waals surface area contributed by atoms with Crippen molar-refractivity contribution in [3.8, 4) is 0 Å².